The molecule has 3 atom stereocenters. The van der Waals surface area contributed by atoms with Crippen LogP contribution in [-0.4, -0.2) is 19.9 Å². The van der Waals surface area contributed by atoms with E-state index in [2.05, 4.69) is 0 Å². The molecule has 0 radical (unpaired) electrons. The van der Waals surface area contributed by atoms with Crippen LogP contribution in [0.4, 0.5) is 52.7 Å². The normalized spacial score (nSPS) is 17.1. The molecule has 1 aliphatic carbocycles. The zero-order chi connectivity index (χ0) is 43.1. The first-order chi connectivity index (χ1) is 27.6. The van der Waals surface area contributed by atoms with Crippen molar-refractivity contribution in [3.8, 4) is 11.5 Å². The lowest BCUT2D eigenvalue weighted by Gasteiger charge is -2.36. The standard InChI is InChI=1S/C43H36F12O2P2/c1-25(58(32-19-26(40(44,45)46)17-27(20-32)41(47,48)49)33-21-28(42(50,51)52)18-29(22-33)43(53,54)55)34-15-10-16-35(34)36-23-37(56-2)38(57-3)24-39(36)59(30-11-6-4-7-12-30)31-13-8-5-9-14-31/h4-9,11-14,17-25,34-35H,10,15-16H2,1-3H3/t25-,34+,35?/m1/s1. The maximum Gasteiger partial charge on any atom is 0.416 e. The quantitative estimate of drug-likeness (QED) is 0.103. The fourth-order valence-electron chi connectivity index (χ4n) is 7.87. The van der Waals surface area contributed by atoms with Crippen LogP contribution in [0.3, 0.4) is 0 Å². The number of benzene rings is 5. The van der Waals surface area contributed by atoms with Gasteiger partial charge in [0, 0.05) is 0 Å². The molecule has 59 heavy (non-hydrogen) atoms. The van der Waals surface area contributed by atoms with Crippen LogP contribution in [0.2, 0.25) is 0 Å². The molecule has 2 nitrogen and oxygen atoms in total. The van der Waals surface area contributed by atoms with Crippen molar-refractivity contribution in [3.63, 3.8) is 0 Å². The average Bonchev–Trinajstić information content (AvgIpc) is 3.67. The van der Waals surface area contributed by atoms with E-state index >= 15 is 0 Å². The van der Waals surface area contributed by atoms with E-state index in [1.165, 1.54) is 21.1 Å². The van der Waals surface area contributed by atoms with E-state index in [1.54, 1.807) is 6.07 Å². The van der Waals surface area contributed by atoms with Crippen molar-refractivity contribution in [2.24, 2.45) is 5.92 Å². The van der Waals surface area contributed by atoms with Crippen LogP contribution in [0.1, 0.15) is 59.9 Å². The lowest BCUT2D eigenvalue weighted by atomic mass is 9.86. The van der Waals surface area contributed by atoms with Crippen molar-refractivity contribution in [1.29, 1.82) is 0 Å². The maximum atomic E-state index is 14.3. The van der Waals surface area contributed by atoms with Gasteiger partial charge in [-0.3, -0.25) is 0 Å². The molecule has 1 aliphatic rings. The van der Waals surface area contributed by atoms with Crippen molar-refractivity contribution < 1.29 is 62.2 Å². The molecule has 0 aliphatic heterocycles. The Morgan fingerprint density at radius 2 is 0.898 bits per heavy atom. The van der Waals surface area contributed by atoms with E-state index in [-0.39, 0.29) is 12.1 Å². The second-order valence-electron chi connectivity index (χ2n) is 14.1. The Labute approximate surface area is 335 Å². The van der Waals surface area contributed by atoms with Crippen molar-refractivity contribution in [2.75, 3.05) is 14.2 Å². The largest absolute Gasteiger partial charge is 0.493 e. The highest BCUT2D eigenvalue weighted by molar-refractivity contribution is 7.80. The molecule has 0 saturated heterocycles. The molecule has 314 valence electrons. The first-order valence-corrected chi connectivity index (χ1v) is 20.9. The molecule has 5 aromatic carbocycles. The SMILES string of the molecule is COc1cc(C2CCC[C@H]2[C@@H](C)P(c2cc(C(F)(F)F)cc(C(F)(F)F)c2)c2cc(C(F)(F)F)cc(C(F)(F)F)c2)c(P(c2ccccc2)c2ccccc2)cc1OC. The van der Waals surface area contributed by atoms with Gasteiger partial charge in [0.2, 0.25) is 0 Å². The number of rotatable bonds is 10. The third kappa shape index (κ3) is 9.70. The van der Waals surface area contributed by atoms with Crippen LogP contribution < -0.4 is 36.0 Å². The maximum absolute atomic E-state index is 14.3. The summed E-state index contributed by atoms with van der Waals surface area (Å²) in [5.74, 6) is -0.455. The molecule has 1 fully saturated rings. The van der Waals surface area contributed by atoms with E-state index in [9.17, 15) is 52.7 Å². The van der Waals surface area contributed by atoms with Gasteiger partial charge in [-0.1, -0.05) is 74.0 Å². The zero-order valence-electron chi connectivity index (χ0n) is 31.5. The summed E-state index contributed by atoms with van der Waals surface area (Å²) in [5.41, 5.74) is -7.26. The molecular weight excluding hydrogens is 838 g/mol. The number of methoxy groups -OCH3 is 2. The number of alkyl halides is 12. The first-order valence-electron chi connectivity index (χ1n) is 18.2. The topological polar surface area (TPSA) is 18.5 Å². The van der Waals surface area contributed by atoms with Gasteiger partial charge in [-0.05, 0) is 127 Å². The van der Waals surface area contributed by atoms with Gasteiger partial charge in [0.05, 0.1) is 36.5 Å². The van der Waals surface area contributed by atoms with Gasteiger partial charge < -0.3 is 9.47 Å². The zero-order valence-corrected chi connectivity index (χ0v) is 33.3. The molecule has 0 bridgehead atoms. The van der Waals surface area contributed by atoms with Gasteiger partial charge in [-0.2, -0.15) is 52.7 Å². The fourth-order valence-corrected chi connectivity index (χ4v) is 13.5. The van der Waals surface area contributed by atoms with E-state index in [0.29, 0.717) is 60.6 Å². The Morgan fingerprint density at radius 1 is 0.508 bits per heavy atom. The first kappa shape index (κ1) is 44.3. The second-order valence-corrected chi connectivity index (χ2v) is 18.9. The summed E-state index contributed by atoms with van der Waals surface area (Å²) in [6.07, 6.45) is -20.1. The van der Waals surface area contributed by atoms with Crippen LogP contribution in [0.25, 0.3) is 0 Å². The Hall–Kier alpha value is -4.28. The molecule has 5 aromatic rings. The summed E-state index contributed by atoms with van der Waals surface area (Å²) in [6, 6.07) is 24.0. The van der Waals surface area contributed by atoms with Gasteiger partial charge in [0.1, 0.15) is 0 Å². The van der Waals surface area contributed by atoms with Crippen LogP contribution in [-0.2, 0) is 24.7 Å². The molecule has 0 heterocycles. The Bertz CT molecular complexity index is 2060. The highest BCUT2D eigenvalue weighted by Crippen LogP contribution is 2.55. The fraction of sp³-hybridized carbons (Fsp3) is 0.302. The smallest absolute Gasteiger partial charge is 0.416 e. The predicted octanol–water partition coefficient (Wildman–Crippen LogP) is 11.9. The molecule has 16 heteroatoms. The van der Waals surface area contributed by atoms with Crippen molar-refractivity contribution in [1.82, 2.24) is 0 Å². The highest BCUT2D eigenvalue weighted by atomic mass is 31.1. The lowest BCUT2D eigenvalue weighted by molar-refractivity contribution is -0.144. The highest BCUT2D eigenvalue weighted by Gasteiger charge is 2.44. The van der Waals surface area contributed by atoms with Gasteiger partial charge in [-0.15, -0.1) is 0 Å². The minimum atomic E-state index is -5.33. The van der Waals surface area contributed by atoms with Crippen molar-refractivity contribution in [3.05, 3.63) is 137 Å². The van der Waals surface area contributed by atoms with E-state index in [0.717, 1.165) is 15.9 Å². The van der Waals surface area contributed by atoms with Crippen molar-refractivity contribution >= 4 is 42.4 Å². The lowest BCUT2D eigenvalue weighted by Crippen LogP contribution is -2.32. The van der Waals surface area contributed by atoms with Crippen LogP contribution in [0.5, 0.6) is 11.5 Å². The Morgan fingerprint density at radius 3 is 1.27 bits per heavy atom. The van der Waals surface area contributed by atoms with Gasteiger partial charge in [-0.25, -0.2) is 0 Å². The number of hydrogen-bond acceptors (Lipinski definition) is 2. The monoisotopic (exact) mass is 874 g/mol. The van der Waals surface area contributed by atoms with Crippen molar-refractivity contribution in [2.45, 2.75) is 62.5 Å². The molecular formula is C43H36F12O2P2. The summed E-state index contributed by atoms with van der Waals surface area (Å²) in [7, 11) is -1.26. The van der Waals surface area contributed by atoms with E-state index in [4.69, 9.17) is 9.47 Å². The molecule has 0 spiro atoms. The van der Waals surface area contributed by atoms with Crippen LogP contribution >= 0.6 is 15.8 Å². The Kier molecular flexibility index (Phi) is 12.8. The summed E-state index contributed by atoms with van der Waals surface area (Å²) in [5, 5.41) is 1.34. The third-order valence-electron chi connectivity index (χ3n) is 10.5. The molecule has 6 rings (SSSR count). The van der Waals surface area contributed by atoms with E-state index in [1.807, 2.05) is 66.7 Å². The minimum Gasteiger partial charge on any atom is -0.493 e. The molecule has 0 aromatic heterocycles. The molecule has 1 saturated carbocycles. The second kappa shape index (κ2) is 17.0. The summed E-state index contributed by atoms with van der Waals surface area (Å²) in [4.78, 5) is 0. The predicted molar refractivity (Wildman–Crippen MR) is 207 cm³/mol. The number of hydrogen-bond donors (Lipinski definition) is 0. The number of halogens is 12. The summed E-state index contributed by atoms with van der Waals surface area (Å²) < 4.78 is 183. The third-order valence-corrected chi connectivity index (χ3v) is 15.8. The molecule has 1 unspecified atom stereocenters. The average molecular weight is 875 g/mol. The summed E-state index contributed by atoms with van der Waals surface area (Å²) in [6.45, 7) is 1.49. The molecule has 0 amide bonds. The molecule has 0 N–H and O–H groups in total. The minimum absolute atomic E-state index is 0.112. The van der Waals surface area contributed by atoms with Gasteiger partial charge in [0.25, 0.3) is 0 Å². The van der Waals surface area contributed by atoms with Gasteiger partial charge in [0.15, 0.2) is 11.5 Å². The van der Waals surface area contributed by atoms with Crippen LogP contribution in [0, 0.1) is 5.92 Å². The summed E-state index contributed by atoms with van der Waals surface area (Å²) >= 11 is 0. The Balaban J connectivity index is 1.62. The van der Waals surface area contributed by atoms with Crippen LogP contribution in [0.15, 0.2) is 109 Å². The van der Waals surface area contributed by atoms with E-state index < -0.39 is 90.9 Å². The number of ether oxygens (including phenoxy) is 2. The van der Waals surface area contributed by atoms with Gasteiger partial charge >= 0.3 is 24.7 Å².